The number of hydrogen-bond donors (Lipinski definition) is 1. The van der Waals surface area contributed by atoms with Crippen molar-refractivity contribution in [1.29, 1.82) is 0 Å². The molecular weight excluding hydrogens is 450 g/mol. The average molecular weight is 464 g/mol. The fourth-order valence-electron chi connectivity index (χ4n) is 2.52. The molecule has 1 aromatic carbocycles. The highest BCUT2D eigenvalue weighted by Crippen LogP contribution is 2.32. The van der Waals surface area contributed by atoms with Crippen molar-refractivity contribution in [2.24, 2.45) is 5.10 Å². The topological polar surface area (TPSA) is 80.0 Å². The van der Waals surface area contributed by atoms with Crippen molar-refractivity contribution in [1.82, 2.24) is 14.8 Å². The molecule has 3 rings (SSSR count). The molecule has 1 aliphatic rings. The molecule has 0 spiro atoms. The van der Waals surface area contributed by atoms with E-state index >= 15 is 0 Å². The smallest absolute Gasteiger partial charge is 0.297 e. The first-order valence-corrected chi connectivity index (χ1v) is 8.88. The predicted molar refractivity (Wildman–Crippen MR) is 96.9 cm³/mol. The highest BCUT2D eigenvalue weighted by Gasteiger charge is 2.51. The molecule has 0 fully saturated rings. The summed E-state index contributed by atoms with van der Waals surface area (Å²) >= 11 is 9.17. The van der Waals surface area contributed by atoms with Gasteiger partial charge in [-0.05, 0) is 47.1 Å². The predicted octanol–water partition coefficient (Wildman–Crippen LogP) is 3.51. The summed E-state index contributed by atoms with van der Waals surface area (Å²) in [4.78, 5) is 12.5. The van der Waals surface area contributed by atoms with Gasteiger partial charge in [-0.1, -0.05) is 11.6 Å². The van der Waals surface area contributed by atoms with Crippen LogP contribution in [0.1, 0.15) is 23.8 Å². The van der Waals surface area contributed by atoms with Gasteiger partial charge in [0.15, 0.2) is 12.4 Å². The Labute approximate surface area is 166 Å². The fourth-order valence-corrected chi connectivity index (χ4v) is 3.32. The van der Waals surface area contributed by atoms with E-state index in [9.17, 15) is 18.7 Å². The number of hydrogen-bond acceptors (Lipinski definition) is 5. The van der Waals surface area contributed by atoms with E-state index in [1.54, 1.807) is 18.2 Å². The van der Waals surface area contributed by atoms with Crippen LogP contribution in [-0.2, 0) is 6.73 Å². The maximum Gasteiger partial charge on any atom is 0.297 e. The zero-order valence-electron chi connectivity index (χ0n) is 13.9. The zero-order chi connectivity index (χ0) is 19.8. The van der Waals surface area contributed by atoms with Crippen LogP contribution in [0.2, 0.25) is 5.02 Å². The number of hydrazone groups is 1. The molecule has 2 aromatic rings. The van der Waals surface area contributed by atoms with Gasteiger partial charge < -0.3 is 9.84 Å². The Kier molecular flexibility index (Phi) is 5.50. The third-order valence-electron chi connectivity index (χ3n) is 3.80. The fraction of sp³-hybridized carbons (Fsp3) is 0.312. The molecule has 1 aliphatic heterocycles. The van der Waals surface area contributed by atoms with Crippen LogP contribution in [-0.4, -0.2) is 43.7 Å². The average Bonchev–Trinajstić information content (AvgIpc) is 3.18. The summed E-state index contributed by atoms with van der Waals surface area (Å²) in [6, 6.07) is 6.30. The zero-order valence-corrected chi connectivity index (χ0v) is 16.3. The van der Waals surface area contributed by atoms with Gasteiger partial charge in [-0.3, -0.25) is 4.79 Å². The van der Waals surface area contributed by atoms with Gasteiger partial charge in [-0.15, -0.1) is 0 Å². The van der Waals surface area contributed by atoms with Gasteiger partial charge in [0.2, 0.25) is 5.72 Å². The van der Waals surface area contributed by atoms with Gasteiger partial charge >= 0.3 is 0 Å². The second-order valence-corrected chi connectivity index (χ2v) is 7.19. The van der Waals surface area contributed by atoms with Gasteiger partial charge in [0.05, 0.1) is 4.47 Å². The molecule has 0 aliphatic carbocycles. The van der Waals surface area contributed by atoms with E-state index < -0.39 is 24.5 Å². The number of amides is 1. The minimum atomic E-state index is -3.17. The van der Waals surface area contributed by atoms with Crippen LogP contribution in [0.15, 0.2) is 40.0 Å². The van der Waals surface area contributed by atoms with Crippen LogP contribution >= 0.6 is 27.5 Å². The number of halogens is 4. The molecular formula is C16H14BrClF2N4O3. The largest absolute Gasteiger partial charge is 0.470 e. The molecule has 1 atom stereocenters. The van der Waals surface area contributed by atoms with E-state index in [1.165, 1.54) is 23.9 Å². The lowest BCUT2D eigenvalue weighted by Crippen LogP contribution is -2.51. The number of aromatic nitrogens is 2. The van der Waals surface area contributed by atoms with Crippen molar-refractivity contribution in [2.45, 2.75) is 32.2 Å². The summed E-state index contributed by atoms with van der Waals surface area (Å²) in [6.07, 6.45) is -2.15. The monoisotopic (exact) mass is 462 g/mol. The Balaban J connectivity index is 1.72. The quantitative estimate of drug-likeness (QED) is 0.736. The number of carbonyl (C=O) groups is 1. The molecule has 1 amide bonds. The minimum Gasteiger partial charge on any atom is -0.470 e. The number of alkyl halides is 2. The van der Waals surface area contributed by atoms with Crippen molar-refractivity contribution >= 4 is 39.1 Å². The van der Waals surface area contributed by atoms with E-state index in [2.05, 4.69) is 26.1 Å². The highest BCUT2D eigenvalue weighted by atomic mass is 79.9. The van der Waals surface area contributed by atoms with Crippen LogP contribution in [0.4, 0.5) is 8.78 Å². The third-order valence-corrected chi connectivity index (χ3v) is 4.66. The number of benzene rings is 1. The second-order valence-electron chi connectivity index (χ2n) is 5.90. The van der Waals surface area contributed by atoms with Crippen LogP contribution in [0, 0.1) is 0 Å². The Morgan fingerprint density at radius 1 is 1.48 bits per heavy atom. The van der Waals surface area contributed by atoms with Gasteiger partial charge in [-0.25, -0.2) is 13.5 Å². The molecule has 0 radical (unpaired) electrons. The summed E-state index contributed by atoms with van der Waals surface area (Å²) in [5, 5.41) is 18.8. The highest BCUT2D eigenvalue weighted by molar-refractivity contribution is 9.10. The van der Waals surface area contributed by atoms with Crippen molar-refractivity contribution in [3.63, 3.8) is 0 Å². The van der Waals surface area contributed by atoms with Crippen LogP contribution in [0.3, 0.4) is 0 Å². The Morgan fingerprint density at radius 2 is 2.22 bits per heavy atom. The SMILES string of the molecule is CC1=NN(C(=O)c2ccn(COc3ccc(Cl)cc3Br)n2)[C@@](O)(C(F)F)C1. The number of aliphatic hydroxyl groups is 1. The molecule has 2 heterocycles. The summed E-state index contributed by atoms with van der Waals surface area (Å²) < 4.78 is 34.0. The van der Waals surface area contributed by atoms with E-state index in [-0.39, 0.29) is 18.1 Å². The van der Waals surface area contributed by atoms with Gasteiger partial charge in [0, 0.05) is 23.4 Å². The molecule has 27 heavy (non-hydrogen) atoms. The second kappa shape index (κ2) is 7.53. The summed E-state index contributed by atoms with van der Waals surface area (Å²) in [7, 11) is 0. The van der Waals surface area contributed by atoms with E-state index in [0.29, 0.717) is 20.3 Å². The molecule has 0 saturated heterocycles. The van der Waals surface area contributed by atoms with Gasteiger partial charge in [0.1, 0.15) is 5.75 Å². The van der Waals surface area contributed by atoms with E-state index in [0.717, 1.165) is 0 Å². The number of carbonyl (C=O) groups excluding carboxylic acids is 1. The molecule has 0 unspecified atom stereocenters. The standard InChI is InChI=1S/C16H14BrClF2N4O3/c1-9-7-16(26,15(19)20)24(21-9)14(25)12-4-5-23(22-12)8-27-13-3-2-10(18)6-11(13)17/h2-6,15,26H,7-8H2,1H3/t16-/m0/s1. The summed E-state index contributed by atoms with van der Waals surface area (Å²) in [5.74, 6) is -0.421. The van der Waals surface area contributed by atoms with Crippen molar-refractivity contribution in [3.8, 4) is 5.75 Å². The lowest BCUT2D eigenvalue weighted by atomic mass is 10.1. The summed E-state index contributed by atoms with van der Waals surface area (Å²) in [6.45, 7) is 1.42. The van der Waals surface area contributed by atoms with E-state index in [1.807, 2.05) is 0 Å². The lowest BCUT2D eigenvalue weighted by molar-refractivity contribution is -0.164. The Morgan fingerprint density at radius 3 is 2.89 bits per heavy atom. The Hall–Kier alpha value is -2.04. The van der Waals surface area contributed by atoms with Crippen LogP contribution < -0.4 is 4.74 Å². The van der Waals surface area contributed by atoms with Crippen molar-refractivity contribution in [3.05, 3.63) is 45.7 Å². The van der Waals surface area contributed by atoms with Crippen molar-refractivity contribution < 1.29 is 23.4 Å². The van der Waals surface area contributed by atoms with Crippen molar-refractivity contribution in [2.75, 3.05) is 0 Å². The molecule has 1 aromatic heterocycles. The number of rotatable bonds is 5. The molecule has 0 bridgehead atoms. The normalized spacial score (nSPS) is 19.5. The van der Waals surface area contributed by atoms with E-state index in [4.69, 9.17) is 16.3 Å². The first kappa shape index (κ1) is 19.7. The Bertz CT molecular complexity index is 908. The van der Waals surface area contributed by atoms with Crippen LogP contribution in [0.5, 0.6) is 5.75 Å². The first-order valence-electron chi connectivity index (χ1n) is 7.71. The number of ether oxygens (including phenoxy) is 1. The minimum absolute atomic E-state index is 0.0328. The maximum atomic E-state index is 13.2. The molecule has 7 nitrogen and oxygen atoms in total. The molecule has 1 N–H and O–H groups in total. The van der Waals surface area contributed by atoms with Gasteiger partial charge in [0.25, 0.3) is 12.3 Å². The first-order chi connectivity index (χ1) is 12.7. The molecule has 11 heteroatoms. The summed E-state index contributed by atoms with van der Waals surface area (Å²) in [5.41, 5.74) is -2.59. The van der Waals surface area contributed by atoms with Crippen LogP contribution in [0.25, 0.3) is 0 Å². The maximum absolute atomic E-state index is 13.2. The number of nitrogens with zero attached hydrogens (tertiary/aromatic N) is 4. The lowest BCUT2D eigenvalue weighted by Gasteiger charge is -2.29. The van der Waals surface area contributed by atoms with Gasteiger partial charge in [-0.2, -0.15) is 15.2 Å². The molecule has 144 valence electrons. The third kappa shape index (κ3) is 3.97. The molecule has 0 saturated carbocycles.